The van der Waals surface area contributed by atoms with E-state index in [-0.39, 0.29) is 12.2 Å². The number of hydrogen-bond acceptors (Lipinski definition) is 3. The van der Waals surface area contributed by atoms with E-state index < -0.39 is 18.2 Å². The highest BCUT2D eigenvalue weighted by Crippen LogP contribution is 1.90. The zero-order valence-corrected chi connectivity index (χ0v) is 7.87. The predicted molar refractivity (Wildman–Crippen MR) is 48.4 cm³/mol. The maximum atomic E-state index is 10.5. The summed E-state index contributed by atoms with van der Waals surface area (Å²) in [5, 5.41) is 8.06. The van der Waals surface area contributed by atoms with Crippen LogP contribution in [0.4, 0.5) is 0 Å². The molecule has 0 bridgehead atoms. The highest BCUT2D eigenvalue weighted by Gasteiger charge is 2.08. The van der Waals surface area contributed by atoms with Crippen LogP contribution < -0.4 is 0 Å². The molecule has 0 radical (unpaired) electrons. The van der Waals surface area contributed by atoms with E-state index in [0.29, 0.717) is 0 Å². The Kier molecular flexibility index (Phi) is 9.37. The second-order valence-electron chi connectivity index (χ2n) is 2.40. The first kappa shape index (κ1) is 14.1. The summed E-state index contributed by atoms with van der Waals surface area (Å²) >= 11 is 0. The fourth-order valence-corrected chi connectivity index (χ4v) is 0.509. The molecule has 4 heteroatoms. The van der Waals surface area contributed by atoms with Crippen LogP contribution in [0, 0.1) is 0 Å². The van der Waals surface area contributed by atoms with Gasteiger partial charge in [0.15, 0.2) is 5.78 Å². The number of carbonyl (C=O) groups excluding carboxylic acids is 2. The average molecular weight is 186 g/mol. The fraction of sp³-hybridized carbons (Fsp3) is 0.444. The van der Waals surface area contributed by atoms with Gasteiger partial charge in [0.05, 0.1) is 6.42 Å². The number of carbonyl (C=O) groups is 3. The normalized spacial score (nSPS) is 7.85. The van der Waals surface area contributed by atoms with E-state index in [4.69, 9.17) is 5.11 Å². The molecule has 0 aliphatic rings. The molecule has 0 fully saturated rings. The minimum absolute atomic E-state index is 0.272. The molecule has 0 saturated heterocycles. The second-order valence-corrected chi connectivity index (χ2v) is 2.40. The van der Waals surface area contributed by atoms with Crippen LogP contribution >= 0.6 is 0 Å². The van der Waals surface area contributed by atoms with E-state index in [1.165, 1.54) is 6.92 Å². The molecule has 0 atom stereocenters. The monoisotopic (exact) mass is 186 g/mol. The molecule has 0 rings (SSSR count). The fourth-order valence-electron chi connectivity index (χ4n) is 0.509. The Morgan fingerprint density at radius 3 is 1.92 bits per heavy atom. The maximum absolute atomic E-state index is 10.5. The van der Waals surface area contributed by atoms with Crippen molar-refractivity contribution in [2.75, 3.05) is 0 Å². The third kappa shape index (κ3) is 18.0. The van der Waals surface area contributed by atoms with Crippen LogP contribution in [0.1, 0.15) is 26.7 Å². The van der Waals surface area contributed by atoms with Crippen LogP contribution in [-0.4, -0.2) is 22.6 Å². The summed E-state index contributed by atoms with van der Waals surface area (Å²) in [5.74, 6) is -2.03. The number of Topliss-reactive ketones (excluding diaryl/α,β-unsaturated/α-hetero) is 2. The van der Waals surface area contributed by atoms with Crippen LogP contribution in [0.3, 0.4) is 0 Å². The first-order valence-corrected chi connectivity index (χ1v) is 3.74. The molecule has 1 N–H and O–H groups in total. The van der Waals surface area contributed by atoms with Gasteiger partial charge in [0.2, 0.25) is 0 Å². The Morgan fingerprint density at radius 1 is 1.31 bits per heavy atom. The minimum atomic E-state index is -1.19. The SMILES string of the molecule is C=CC.CC(=O)CC(=O)CC(=O)O. The molecule has 0 aliphatic carbocycles. The van der Waals surface area contributed by atoms with Gasteiger partial charge in [0.1, 0.15) is 12.2 Å². The largest absolute Gasteiger partial charge is 0.481 e. The van der Waals surface area contributed by atoms with Gasteiger partial charge in [-0.05, 0) is 13.8 Å². The summed E-state index contributed by atoms with van der Waals surface area (Å²) in [5.41, 5.74) is 0. The van der Waals surface area contributed by atoms with Gasteiger partial charge in [-0.1, -0.05) is 6.08 Å². The molecule has 4 nitrogen and oxygen atoms in total. The summed E-state index contributed by atoms with van der Waals surface area (Å²) in [6.07, 6.45) is 0.922. The quantitative estimate of drug-likeness (QED) is 0.529. The van der Waals surface area contributed by atoms with E-state index in [1.807, 2.05) is 6.92 Å². The Labute approximate surface area is 77.3 Å². The van der Waals surface area contributed by atoms with E-state index in [2.05, 4.69) is 6.58 Å². The molecule has 0 unspecified atom stereocenters. The van der Waals surface area contributed by atoms with Gasteiger partial charge in [-0.25, -0.2) is 0 Å². The standard InChI is InChI=1S/C6H8O4.C3H6/c1-4(7)2-5(8)3-6(9)10;1-3-2/h2-3H2,1H3,(H,9,10);3H,1H2,2H3. The third-order valence-corrected chi connectivity index (χ3v) is 0.795. The van der Waals surface area contributed by atoms with Crippen molar-refractivity contribution in [3.05, 3.63) is 12.7 Å². The highest BCUT2D eigenvalue weighted by molar-refractivity contribution is 6.04. The van der Waals surface area contributed by atoms with Crippen LogP contribution in [0.15, 0.2) is 12.7 Å². The Balaban J connectivity index is 0. The van der Waals surface area contributed by atoms with Crippen LogP contribution in [-0.2, 0) is 14.4 Å². The van der Waals surface area contributed by atoms with Gasteiger partial charge in [-0.3, -0.25) is 14.4 Å². The molecular weight excluding hydrogens is 172 g/mol. The number of carboxylic acid groups (broad SMARTS) is 1. The molecule has 0 aliphatic heterocycles. The maximum Gasteiger partial charge on any atom is 0.310 e. The number of aliphatic carboxylic acids is 1. The molecule has 0 spiro atoms. The number of allylic oxidation sites excluding steroid dienone is 1. The van der Waals surface area contributed by atoms with Crippen molar-refractivity contribution in [1.82, 2.24) is 0 Å². The Bertz CT molecular complexity index is 188. The van der Waals surface area contributed by atoms with Gasteiger partial charge in [-0.15, -0.1) is 6.58 Å². The zero-order chi connectivity index (χ0) is 10.9. The Hall–Kier alpha value is -1.45. The second kappa shape index (κ2) is 8.64. The van der Waals surface area contributed by atoms with Crippen LogP contribution in [0.25, 0.3) is 0 Å². The number of carboxylic acids is 1. The summed E-state index contributed by atoms with van der Waals surface area (Å²) in [7, 11) is 0. The van der Waals surface area contributed by atoms with E-state index in [9.17, 15) is 14.4 Å². The van der Waals surface area contributed by atoms with Gasteiger partial charge >= 0.3 is 5.97 Å². The first-order valence-electron chi connectivity index (χ1n) is 3.74. The summed E-state index contributed by atoms with van der Waals surface area (Å²) in [6.45, 7) is 6.50. The summed E-state index contributed by atoms with van der Waals surface area (Å²) in [6, 6.07) is 0. The van der Waals surface area contributed by atoms with Crippen molar-refractivity contribution in [2.24, 2.45) is 0 Å². The van der Waals surface area contributed by atoms with E-state index >= 15 is 0 Å². The average Bonchev–Trinajstić information content (AvgIpc) is 1.83. The molecule has 0 amide bonds. The summed E-state index contributed by atoms with van der Waals surface area (Å²) in [4.78, 5) is 30.5. The van der Waals surface area contributed by atoms with Crippen molar-refractivity contribution in [3.8, 4) is 0 Å². The van der Waals surface area contributed by atoms with Crippen LogP contribution in [0.5, 0.6) is 0 Å². The van der Waals surface area contributed by atoms with Gasteiger partial charge < -0.3 is 5.11 Å². The zero-order valence-electron chi connectivity index (χ0n) is 7.87. The molecule has 74 valence electrons. The van der Waals surface area contributed by atoms with Crippen molar-refractivity contribution < 1.29 is 19.5 Å². The molecule has 0 saturated carbocycles. The third-order valence-electron chi connectivity index (χ3n) is 0.795. The van der Waals surface area contributed by atoms with Gasteiger partial charge in [0, 0.05) is 0 Å². The number of rotatable bonds is 4. The molecule has 0 heterocycles. The van der Waals surface area contributed by atoms with Crippen molar-refractivity contribution in [3.63, 3.8) is 0 Å². The molecule has 0 aromatic rings. The van der Waals surface area contributed by atoms with Crippen molar-refractivity contribution >= 4 is 17.5 Å². The summed E-state index contributed by atoms with van der Waals surface area (Å²) < 4.78 is 0. The molecule has 13 heavy (non-hydrogen) atoms. The number of hydrogen-bond donors (Lipinski definition) is 1. The lowest BCUT2D eigenvalue weighted by Crippen LogP contribution is -2.09. The molecule has 0 aromatic heterocycles. The first-order chi connectivity index (χ1) is 5.93. The lowest BCUT2D eigenvalue weighted by Gasteiger charge is -1.90. The van der Waals surface area contributed by atoms with E-state index in [0.717, 1.165) is 0 Å². The smallest absolute Gasteiger partial charge is 0.310 e. The van der Waals surface area contributed by atoms with Gasteiger partial charge in [0.25, 0.3) is 0 Å². The van der Waals surface area contributed by atoms with Crippen molar-refractivity contribution in [1.29, 1.82) is 0 Å². The predicted octanol–water partition coefficient (Wildman–Crippen LogP) is 1.20. The Morgan fingerprint density at radius 2 is 1.69 bits per heavy atom. The number of ketones is 2. The van der Waals surface area contributed by atoms with E-state index in [1.54, 1.807) is 6.08 Å². The highest BCUT2D eigenvalue weighted by atomic mass is 16.4. The van der Waals surface area contributed by atoms with Crippen molar-refractivity contribution in [2.45, 2.75) is 26.7 Å². The van der Waals surface area contributed by atoms with Gasteiger partial charge in [-0.2, -0.15) is 0 Å². The topological polar surface area (TPSA) is 71.4 Å². The van der Waals surface area contributed by atoms with Crippen LogP contribution in [0.2, 0.25) is 0 Å². The molecule has 0 aromatic carbocycles. The molecular formula is C9H14O4. The lowest BCUT2D eigenvalue weighted by molar-refractivity contribution is -0.140. The minimum Gasteiger partial charge on any atom is -0.481 e. The lowest BCUT2D eigenvalue weighted by atomic mass is 10.2.